The number of rotatable bonds is 11. The number of hydrogen-bond acceptors (Lipinski definition) is 6. The summed E-state index contributed by atoms with van der Waals surface area (Å²) < 4.78 is 18.6. The first-order valence-electron chi connectivity index (χ1n) is 13.9. The lowest BCUT2D eigenvalue weighted by Gasteiger charge is -2.64. The van der Waals surface area contributed by atoms with Gasteiger partial charge in [0.25, 0.3) is 0 Å². The number of ether oxygens (including phenoxy) is 1. The monoisotopic (exact) mass is 521 g/mol. The van der Waals surface area contributed by atoms with Gasteiger partial charge in [-0.2, -0.15) is 0 Å². The van der Waals surface area contributed by atoms with Gasteiger partial charge < -0.3 is 30.4 Å². The van der Waals surface area contributed by atoms with Gasteiger partial charge in [0.15, 0.2) is 0 Å². The van der Waals surface area contributed by atoms with Crippen LogP contribution in [0.25, 0.3) is 0 Å². The molecule has 10 heteroatoms. The van der Waals surface area contributed by atoms with Crippen LogP contribution in [0.3, 0.4) is 0 Å². The first-order valence-corrected chi connectivity index (χ1v) is 13.9. The van der Waals surface area contributed by atoms with E-state index in [9.17, 15) is 14.4 Å². The molecule has 3 aliphatic carbocycles. The number of primary amides is 1. The van der Waals surface area contributed by atoms with E-state index in [2.05, 4.69) is 45.3 Å². The van der Waals surface area contributed by atoms with E-state index in [0.29, 0.717) is 43.6 Å². The summed E-state index contributed by atoms with van der Waals surface area (Å²) in [5.41, 5.74) is 4.39. The van der Waals surface area contributed by atoms with Crippen molar-refractivity contribution in [3.8, 4) is 0 Å². The van der Waals surface area contributed by atoms with E-state index in [0.717, 1.165) is 12.8 Å². The Morgan fingerprint density at radius 2 is 1.84 bits per heavy atom. The quantitative estimate of drug-likeness (QED) is 0.217. The minimum atomic E-state index is -0.641. The first kappa shape index (κ1) is 29.7. The maximum Gasteiger partial charge on any atom is 0.481 e. The highest BCUT2D eigenvalue weighted by molar-refractivity contribution is 6.47. The number of urea groups is 1. The zero-order valence-corrected chi connectivity index (χ0v) is 24.0. The maximum absolute atomic E-state index is 13.5. The third-order valence-corrected chi connectivity index (χ3v) is 8.58. The summed E-state index contributed by atoms with van der Waals surface area (Å²) in [7, 11) is -0.532. The third kappa shape index (κ3) is 6.99. The number of hydrogen-bond donors (Lipinski definition) is 3. The smallest absolute Gasteiger partial charge is 0.460 e. The van der Waals surface area contributed by atoms with Crippen molar-refractivity contribution in [2.75, 3.05) is 6.54 Å². The molecule has 0 aromatic heterocycles. The van der Waals surface area contributed by atoms with Crippen LogP contribution in [0.5, 0.6) is 0 Å². The van der Waals surface area contributed by atoms with Gasteiger partial charge in [-0.15, -0.1) is 0 Å². The molecule has 4 fully saturated rings. The molecular formula is C27H48BN3O6. The van der Waals surface area contributed by atoms with Gasteiger partial charge in [0.2, 0.25) is 5.91 Å². The molecule has 37 heavy (non-hydrogen) atoms. The number of carbonyl (C=O) groups is 3. The number of esters is 1. The summed E-state index contributed by atoms with van der Waals surface area (Å²) in [6, 6.07) is -0.614. The Balaban J connectivity index is 1.70. The van der Waals surface area contributed by atoms with Crippen LogP contribution in [0.2, 0.25) is 0 Å². The Hall–Kier alpha value is -1.81. The van der Waals surface area contributed by atoms with Crippen molar-refractivity contribution in [2.45, 2.75) is 117 Å². The van der Waals surface area contributed by atoms with E-state index < -0.39 is 30.6 Å². The molecule has 9 nitrogen and oxygen atoms in total. The fraction of sp³-hybridized carbons (Fsp3) is 0.889. The molecule has 0 unspecified atom stereocenters. The first-order chi connectivity index (χ1) is 17.0. The molecular weight excluding hydrogens is 473 g/mol. The molecule has 0 spiro atoms. The summed E-state index contributed by atoms with van der Waals surface area (Å²) in [6.45, 7) is 16.8. The van der Waals surface area contributed by atoms with Gasteiger partial charge in [-0.3, -0.25) is 9.59 Å². The van der Waals surface area contributed by atoms with Crippen LogP contribution in [0.4, 0.5) is 4.79 Å². The molecule has 3 saturated carbocycles. The third-order valence-electron chi connectivity index (χ3n) is 8.58. The Kier molecular flexibility index (Phi) is 8.94. The van der Waals surface area contributed by atoms with Gasteiger partial charge in [-0.05, 0) is 83.0 Å². The number of carbonyl (C=O) groups excluding carboxylic acids is 3. The molecule has 4 aliphatic rings. The van der Waals surface area contributed by atoms with Crippen LogP contribution in [0.1, 0.15) is 93.9 Å². The molecule has 0 aromatic rings. The fourth-order valence-electron chi connectivity index (χ4n) is 6.59. The summed E-state index contributed by atoms with van der Waals surface area (Å²) in [5, 5.41) is 5.72. The van der Waals surface area contributed by atoms with Gasteiger partial charge >= 0.3 is 19.1 Å². The van der Waals surface area contributed by atoms with Crippen molar-refractivity contribution >= 4 is 25.0 Å². The second kappa shape index (κ2) is 11.1. The highest BCUT2D eigenvalue weighted by Gasteiger charge is 2.68. The minimum absolute atomic E-state index is 0.0262. The Morgan fingerprint density at radius 3 is 2.41 bits per heavy atom. The van der Waals surface area contributed by atoms with Gasteiger partial charge in [0, 0.05) is 12.5 Å². The highest BCUT2D eigenvalue weighted by Crippen LogP contribution is 2.65. The van der Waals surface area contributed by atoms with Crippen LogP contribution in [0, 0.1) is 29.1 Å². The molecule has 6 atom stereocenters. The highest BCUT2D eigenvalue weighted by atomic mass is 16.7. The van der Waals surface area contributed by atoms with E-state index in [1.165, 1.54) is 0 Å². The summed E-state index contributed by atoms with van der Waals surface area (Å²) >= 11 is 0. The van der Waals surface area contributed by atoms with Crippen LogP contribution < -0.4 is 16.4 Å². The number of nitrogens with one attached hydrogen (secondary N) is 2. The lowest BCUT2D eigenvalue weighted by molar-refractivity contribution is -0.199. The largest absolute Gasteiger partial charge is 0.481 e. The summed E-state index contributed by atoms with van der Waals surface area (Å²) in [5.74, 6) is -0.213. The van der Waals surface area contributed by atoms with Crippen LogP contribution in [0.15, 0.2) is 0 Å². The lowest BCUT2D eigenvalue weighted by atomic mass is 9.43. The van der Waals surface area contributed by atoms with E-state index in [1.807, 2.05) is 0 Å². The standard InChI is InChI=1S/C27H48BN3O6/c1-16(2)12-21(28-36-20-15-18-14-19(26(18,6)7)27(20,8)37-28)31-23(33)17(10-9-11-30-24(29)34)13-22(32)35-25(3,4)5/h16-21H,9-15H2,1-8H3,(H,31,33)(H3,29,30,34)/t17-,18-,19-,20-,21+,27+/m1/s1. The molecule has 2 bridgehead atoms. The van der Waals surface area contributed by atoms with Gasteiger partial charge in [-0.1, -0.05) is 27.7 Å². The zero-order chi connectivity index (χ0) is 27.8. The minimum Gasteiger partial charge on any atom is -0.460 e. The second-order valence-corrected chi connectivity index (χ2v) is 13.5. The van der Waals surface area contributed by atoms with Crippen molar-refractivity contribution < 1.29 is 28.4 Å². The van der Waals surface area contributed by atoms with Crippen LogP contribution >= 0.6 is 0 Å². The molecule has 210 valence electrons. The zero-order valence-electron chi connectivity index (χ0n) is 24.0. The van der Waals surface area contributed by atoms with E-state index in [4.69, 9.17) is 19.8 Å². The Bertz CT molecular complexity index is 860. The predicted molar refractivity (Wildman–Crippen MR) is 142 cm³/mol. The van der Waals surface area contributed by atoms with Crippen LogP contribution in [-0.2, 0) is 23.6 Å². The van der Waals surface area contributed by atoms with Gasteiger partial charge in [0.05, 0.1) is 24.1 Å². The van der Waals surface area contributed by atoms with Crippen molar-refractivity contribution in [1.82, 2.24) is 10.6 Å². The van der Waals surface area contributed by atoms with Gasteiger partial charge in [0.1, 0.15) is 5.60 Å². The average molecular weight is 522 g/mol. The molecule has 1 aliphatic heterocycles. The SMILES string of the molecule is CC(C)C[C@H](NC(=O)[C@H](CCCNC(N)=O)CC(=O)OC(C)(C)C)B1O[C@@H]2C[C@H]3C[C@H](C3(C)C)[C@]2(C)O1. The van der Waals surface area contributed by atoms with Crippen molar-refractivity contribution in [3.05, 3.63) is 0 Å². The number of amides is 3. The van der Waals surface area contributed by atoms with Crippen molar-refractivity contribution in [1.29, 1.82) is 0 Å². The second-order valence-electron chi connectivity index (χ2n) is 13.5. The predicted octanol–water partition coefficient (Wildman–Crippen LogP) is 3.58. The molecule has 0 radical (unpaired) electrons. The normalized spacial score (nSPS) is 29.6. The Morgan fingerprint density at radius 1 is 1.16 bits per heavy atom. The topological polar surface area (TPSA) is 129 Å². The Labute approximate surface area is 222 Å². The molecule has 1 saturated heterocycles. The van der Waals surface area contributed by atoms with E-state index in [1.54, 1.807) is 20.8 Å². The summed E-state index contributed by atoms with van der Waals surface area (Å²) in [6.07, 6.45) is 3.73. The molecule has 4 N–H and O–H groups in total. The fourth-order valence-corrected chi connectivity index (χ4v) is 6.59. The van der Waals surface area contributed by atoms with E-state index >= 15 is 0 Å². The average Bonchev–Trinajstić information content (AvgIpc) is 3.10. The molecule has 1 heterocycles. The molecule has 0 aromatic carbocycles. The van der Waals surface area contributed by atoms with Gasteiger partial charge in [-0.25, -0.2) is 4.79 Å². The number of nitrogens with two attached hydrogens (primary N) is 1. The molecule has 4 rings (SSSR count). The van der Waals surface area contributed by atoms with Crippen molar-refractivity contribution in [2.24, 2.45) is 34.8 Å². The lowest BCUT2D eigenvalue weighted by Crippen LogP contribution is -2.65. The van der Waals surface area contributed by atoms with E-state index in [-0.39, 0.29) is 35.4 Å². The summed E-state index contributed by atoms with van der Waals surface area (Å²) in [4.78, 5) is 37.2. The maximum atomic E-state index is 13.5. The van der Waals surface area contributed by atoms with Crippen LogP contribution in [-0.4, -0.2) is 54.8 Å². The van der Waals surface area contributed by atoms with Crippen molar-refractivity contribution in [3.63, 3.8) is 0 Å². The molecule has 3 amide bonds.